The number of carboxylic acid groups (broad SMARTS) is 1. The molecule has 0 aromatic heterocycles. The number of ether oxygens (including phenoxy) is 1. The lowest BCUT2D eigenvalue weighted by Gasteiger charge is -2.21. The summed E-state index contributed by atoms with van der Waals surface area (Å²) in [5, 5.41) is 21.1. The zero-order valence-corrected chi connectivity index (χ0v) is 11.5. The van der Waals surface area contributed by atoms with Crippen molar-refractivity contribution in [2.75, 3.05) is 26.3 Å². The molecule has 20 heavy (non-hydrogen) atoms. The number of carbonyl (C=O) groups excluding carboxylic acids is 1. The van der Waals surface area contributed by atoms with E-state index in [1.807, 2.05) is 0 Å². The zero-order valence-electron chi connectivity index (χ0n) is 11.5. The van der Waals surface area contributed by atoms with Crippen LogP contribution in [0, 0.1) is 5.92 Å². The quantitative estimate of drug-likeness (QED) is 0.574. The second kappa shape index (κ2) is 6.90. The van der Waals surface area contributed by atoms with Gasteiger partial charge in [-0.2, -0.15) is 0 Å². The lowest BCUT2D eigenvalue weighted by Crippen LogP contribution is -2.46. The van der Waals surface area contributed by atoms with Crippen molar-refractivity contribution in [2.45, 2.75) is 37.8 Å². The summed E-state index contributed by atoms with van der Waals surface area (Å²) in [5.41, 5.74) is 0. The molecule has 1 aliphatic carbocycles. The third-order valence-electron chi connectivity index (χ3n) is 3.62. The number of urea groups is 1. The van der Waals surface area contributed by atoms with E-state index >= 15 is 0 Å². The number of likely N-dealkylation sites (tertiary alicyclic amines) is 1. The molecule has 0 bridgehead atoms. The Hall–Kier alpha value is -1.34. The van der Waals surface area contributed by atoms with E-state index in [4.69, 9.17) is 9.84 Å². The van der Waals surface area contributed by atoms with Crippen LogP contribution in [0.1, 0.15) is 25.7 Å². The summed E-state index contributed by atoms with van der Waals surface area (Å²) in [5.74, 6) is -0.350. The first kappa shape index (κ1) is 15.1. The summed E-state index contributed by atoms with van der Waals surface area (Å²) in [6.45, 7) is 1.92. The molecule has 7 heteroatoms. The summed E-state index contributed by atoms with van der Waals surface area (Å²) in [6, 6.07) is -1.37. The van der Waals surface area contributed by atoms with E-state index in [1.54, 1.807) is 0 Å². The summed E-state index contributed by atoms with van der Waals surface area (Å²) in [6.07, 6.45) is 2.54. The Morgan fingerprint density at radius 2 is 2.10 bits per heavy atom. The van der Waals surface area contributed by atoms with Crippen LogP contribution in [0.15, 0.2) is 0 Å². The van der Waals surface area contributed by atoms with Crippen LogP contribution in [0.3, 0.4) is 0 Å². The van der Waals surface area contributed by atoms with Crippen LogP contribution in [-0.2, 0) is 9.53 Å². The highest BCUT2D eigenvalue weighted by Gasteiger charge is 2.38. The topological polar surface area (TPSA) is 99.1 Å². The van der Waals surface area contributed by atoms with Gasteiger partial charge in [-0.15, -0.1) is 0 Å². The van der Waals surface area contributed by atoms with E-state index in [1.165, 1.54) is 17.7 Å². The van der Waals surface area contributed by atoms with Crippen molar-refractivity contribution in [1.29, 1.82) is 0 Å². The number of nitrogens with zero attached hydrogens (tertiary/aromatic N) is 1. The van der Waals surface area contributed by atoms with Crippen LogP contribution >= 0.6 is 0 Å². The molecule has 2 unspecified atom stereocenters. The number of nitrogens with one attached hydrogen (secondary N) is 1. The van der Waals surface area contributed by atoms with Crippen LogP contribution < -0.4 is 5.32 Å². The third-order valence-corrected chi connectivity index (χ3v) is 3.62. The predicted octanol–water partition coefficient (Wildman–Crippen LogP) is 0.0325. The first-order valence-electron chi connectivity index (χ1n) is 7.11. The average molecular weight is 286 g/mol. The number of carbonyl (C=O) groups is 2. The van der Waals surface area contributed by atoms with Crippen molar-refractivity contribution in [2.24, 2.45) is 5.92 Å². The van der Waals surface area contributed by atoms with E-state index < -0.39 is 24.1 Å². The van der Waals surface area contributed by atoms with Gasteiger partial charge in [0.15, 0.2) is 0 Å². The van der Waals surface area contributed by atoms with Gasteiger partial charge in [-0.1, -0.05) is 0 Å². The highest BCUT2D eigenvalue weighted by molar-refractivity contribution is 5.83. The fourth-order valence-corrected chi connectivity index (χ4v) is 2.28. The summed E-state index contributed by atoms with van der Waals surface area (Å²) >= 11 is 0. The van der Waals surface area contributed by atoms with Crippen molar-refractivity contribution in [3.8, 4) is 0 Å². The van der Waals surface area contributed by atoms with E-state index in [-0.39, 0.29) is 13.0 Å². The van der Waals surface area contributed by atoms with Gasteiger partial charge in [0.25, 0.3) is 0 Å². The van der Waals surface area contributed by atoms with Crippen molar-refractivity contribution >= 4 is 12.0 Å². The minimum absolute atomic E-state index is 0.0704. The molecule has 1 heterocycles. The second-order valence-corrected chi connectivity index (χ2v) is 5.50. The molecule has 114 valence electrons. The molecule has 2 atom stereocenters. The van der Waals surface area contributed by atoms with Gasteiger partial charge < -0.3 is 25.2 Å². The maximum Gasteiger partial charge on any atom is 0.326 e. The molecule has 2 aliphatic rings. The smallest absolute Gasteiger partial charge is 0.326 e. The molecule has 1 aliphatic heterocycles. The largest absolute Gasteiger partial charge is 0.480 e. The minimum Gasteiger partial charge on any atom is -0.480 e. The van der Waals surface area contributed by atoms with Gasteiger partial charge in [-0.25, -0.2) is 9.59 Å². The summed E-state index contributed by atoms with van der Waals surface area (Å²) < 4.78 is 5.44. The number of carboxylic acids is 1. The third kappa shape index (κ3) is 4.35. The molecule has 3 N–H and O–H groups in total. The van der Waals surface area contributed by atoms with Gasteiger partial charge >= 0.3 is 12.0 Å². The van der Waals surface area contributed by atoms with Gasteiger partial charge in [0.1, 0.15) is 6.04 Å². The number of aliphatic carboxylic acids is 1. The Balaban J connectivity index is 1.61. The highest BCUT2D eigenvalue weighted by atomic mass is 16.5. The van der Waals surface area contributed by atoms with Crippen LogP contribution in [0.25, 0.3) is 0 Å². The van der Waals surface area contributed by atoms with Crippen LogP contribution in [0.5, 0.6) is 0 Å². The average Bonchev–Trinajstić information content (AvgIpc) is 3.13. The number of rotatable bonds is 7. The van der Waals surface area contributed by atoms with Gasteiger partial charge in [-0.05, 0) is 25.2 Å². The molecule has 2 fully saturated rings. The van der Waals surface area contributed by atoms with E-state index in [9.17, 15) is 14.7 Å². The molecule has 2 rings (SSSR count). The molecule has 1 saturated carbocycles. The number of β-amino-alcohol motifs (C(OH)–C–C–N with tert-alkyl or cyclic N) is 1. The molecule has 0 radical (unpaired) electrons. The van der Waals surface area contributed by atoms with Crippen molar-refractivity contribution < 1.29 is 24.5 Å². The van der Waals surface area contributed by atoms with E-state index in [0.29, 0.717) is 19.6 Å². The Kier molecular flexibility index (Phi) is 5.19. The molecular weight excluding hydrogens is 264 g/mol. The summed E-state index contributed by atoms with van der Waals surface area (Å²) in [7, 11) is 0. The van der Waals surface area contributed by atoms with Gasteiger partial charge in [0, 0.05) is 32.7 Å². The van der Waals surface area contributed by atoms with Gasteiger partial charge in [0.2, 0.25) is 0 Å². The van der Waals surface area contributed by atoms with Crippen molar-refractivity contribution in [1.82, 2.24) is 10.2 Å². The molecule has 1 saturated heterocycles. The maximum atomic E-state index is 11.9. The Bertz CT molecular complexity index is 359. The molecule has 0 aromatic rings. The standard InChI is InChI=1S/C13H22N2O5/c16-10-6-11(12(17)18)15(7-10)13(19)14-4-1-5-20-8-9-2-3-9/h9-11,16H,1-8H2,(H,14,19)(H,17,18). The molecule has 7 nitrogen and oxygen atoms in total. The highest BCUT2D eigenvalue weighted by Crippen LogP contribution is 2.28. The lowest BCUT2D eigenvalue weighted by atomic mass is 10.2. The fraction of sp³-hybridized carbons (Fsp3) is 0.846. The Labute approximate surface area is 117 Å². The lowest BCUT2D eigenvalue weighted by molar-refractivity contribution is -0.141. The second-order valence-electron chi connectivity index (χ2n) is 5.50. The molecule has 0 aromatic carbocycles. The molecule has 0 spiro atoms. The fourth-order valence-electron chi connectivity index (χ4n) is 2.28. The summed E-state index contributed by atoms with van der Waals surface area (Å²) in [4.78, 5) is 24.0. The van der Waals surface area contributed by atoms with Gasteiger partial charge in [-0.3, -0.25) is 0 Å². The zero-order chi connectivity index (χ0) is 14.5. The van der Waals surface area contributed by atoms with Gasteiger partial charge in [0.05, 0.1) is 6.10 Å². The monoisotopic (exact) mass is 286 g/mol. The molecular formula is C13H22N2O5. The van der Waals surface area contributed by atoms with Crippen molar-refractivity contribution in [3.63, 3.8) is 0 Å². The number of aliphatic hydroxyl groups excluding tert-OH is 1. The van der Waals surface area contributed by atoms with Crippen LogP contribution in [0.4, 0.5) is 4.79 Å². The first-order chi connectivity index (χ1) is 9.58. The Morgan fingerprint density at radius 3 is 2.75 bits per heavy atom. The first-order valence-corrected chi connectivity index (χ1v) is 7.11. The predicted molar refractivity (Wildman–Crippen MR) is 70.3 cm³/mol. The maximum absolute atomic E-state index is 11.9. The Morgan fingerprint density at radius 1 is 1.35 bits per heavy atom. The van der Waals surface area contributed by atoms with Crippen LogP contribution in [0.2, 0.25) is 0 Å². The normalized spacial score (nSPS) is 25.8. The number of amides is 2. The van der Waals surface area contributed by atoms with Crippen molar-refractivity contribution in [3.05, 3.63) is 0 Å². The minimum atomic E-state index is -1.08. The number of hydrogen-bond donors (Lipinski definition) is 3. The SMILES string of the molecule is O=C(O)C1CC(O)CN1C(=O)NCCCOCC1CC1. The van der Waals surface area contributed by atoms with E-state index in [0.717, 1.165) is 12.5 Å². The molecule has 2 amide bonds. The number of aliphatic hydroxyl groups is 1. The van der Waals surface area contributed by atoms with E-state index in [2.05, 4.69) is 5.32 Å². The van der Waals surface area contributed by atoms with Crippen LogP contribution in [-0.4, -0.2) is 65.6 Å². The number of hydrogen-bond acceptors (Lipinski definition) is 4.